The molecule has 2 fully saturated rings. The van der Waals surface area contributed by atoms with Crippen LogP contribution in [0.5, 0.6) is 0 Å². The monoisotopic (exact) mass is 355 g/mol. The molecule has 1 aromatic heterocycles. The Morgan fingerprint density at radius 3 is 2.77 bits per heavy atom. The van der Waals surface area contributed by atoms with Crippen LogP contribution in [-0.2, 0) is 19.0 Å². The Labute approximate surface area is 149 Å². The fraction of sp³-hybridized carbons (Fsp3) is 0.333. The van der Waals surface area contributed by atoms with Gasteiger partial charge in [0.2, 0.25) is 5.76 Å². The maximum Gasteiger partial charge on any atom is 0.299 e. The van der Waals surface area contributed by atoms with E-state index in [1.165, 1.54) is 18.8 Å². The van der Waals surface area contributed by atoms with E-state index in [-0.39, 0.29) is 5.76 Å². The summed E-state index contributed by atoms with van der Waals surface area (Å²) in [5.74, 6) is -0.318. The molecule has 3 heterocycles. The first kappa shape index (κ1) is 15.3. The molecule has 1 saturated carbocycles. The van der Waals surface area contributed by atoms with Crippen molar-refractivity contribution < 1.29 is 23.4 Å². The molecule has 0 radical (unpaired) electrons. The van der Waals surface area contributed by atoms with Gasteiger partial charge in [-0.05, 0) is 31.0 Å². The van der Waals surface area contributed by atoms with Crippen LogP contribution in [0.25, 0.3) is 11.1 Å². The highest BCUT2D eigenvalue weighted by molar-refractivity contribution is 6.03. The summed E-state index contributed by atoms with van der Waals surface area (Å²) in [5, 5.41) is 2.76. The fourth-order valence-corrected chi connectivity index (χ4v) is 3.01. The Hall–Kier alpha value is -3.00. The van der Waals surface area contributed by atoms with Crippen LogP contribution in [0.2, 0.25) is 0 Å². The third-order valence-electron chi connectivity index (χ3n) is 4.54. The molecular weight excluding hydrogens is 338 g/mol. The zero-order valence-electron chi connectivity index (χ0n) is 13.9. The van der Waals surface area contributed by atoms with E-state index in [2.05, 4.69) is 15.2 Å². The summed E-state index contributed by atoms with van der Waals surface area (Å²) in [6.07, 6.45) is 6.21. The van der Waals surface area contributed by atoms with Gasteiger partial charge < -0.3 is 28.8 Å². The molecule has 2 aromatic rings. The topological polar surface area (TPSA) is 86.1 Å². The number of hydrogen-bond acceptors (Lipinski definition) is 7. The summed E-state index contributed by atoms with van der Waals surface area (Å²) >= 11 is 0. The molecule has 2 aliphatic heterocycles. The van der Waals surface area contributed by atoms with Crippen molar-refractivity contribution in [3.8, 4) is 0 Å². The summed E-state index contributed by atoms with van der Waals surface area (Å²) in [5.41, 5.74) is 1.98. The van der Waals surface area contributed by atoms with Crippen molar-refractivity contribution >= 4 is 28.7 Å². The van der Waals surface area contributed by atoms with Gasteiger partial charge in [-0.25, -0.2) is 0 Å². The summed E-state index contributed by atoms with van der Waals surface area (Å²) in [6.45, 7) is 1.42. The number of nitrogens with zero attached hydrogens (tertiary/aromatic N) is 2. The van der Waals surface area contributed by atoms with E-state index in [0.29, 0.717) is 48.1 Å². The van der Waals surface area contributed by atoms with E-state index in [0.717, 1.165) is 12.8 Å². The number of ether oxygens (including phenoxy) is 3. The number of benzene rings is 1. The first-order valence-corrected chi connectivity index (χ1v) is 8.53. The van der Waals surface area contributed by atoms with Gasteiger partial charge in [0.15, 0.2) is 5.58 Å². The van der Waals surface area contributed by atoms with Gasteiger partial charge in [-0.1, -0.05) is 0 Å². The number of hydrogen-bond donors (Lipinski definition) is 1. The molecule has 3 aliphatic rings. The molecule has 1 saturated heterocycles. The molecule has 5 rings (SSSR count). The molecule has 0 atom stereocenters. The van der Waals surface area contributed by atoms with Crippen LogP contribution in [0.15, 0.2) is 47.2 Å². The lowest BCUT2D eigenvalue weighted by Gasteiger charge is -2.36. The number of carbonyl (C=O) groups excluding carboxylic acids is 1. The Balaban J connectivity index is 1.37. The van der Waals surface area contributed by atoms with E-state index >= 15 is 0 Å². The van der Waals surface area contributed by atoms with Crippen LogP contribution < -0.4 is 10.2 Å². The molecule has 26 heavy (non-hydrogen) atoms. The third-order valence-corrected chi connectivity index (χ3v) is 4.54. The van der Waals surface area contributed by atoms with E-state index < -0.39 is 5.91 Å². The second kappa shape index (κ2) is 6.06. The van der Waals surface area contributed by atoms with Crippen LogP contribution in [0.3, 0.4) is 0 Å². The Kier molecular flexibility index (Phi) is 3.56. The minimum absolute atomic E-state index is 0.0818. The number of carbonyl (C=O) groups is 1. The average Bonchev–Trinajstić information content (AvgIpc) is 3.37. The van der Waals surface area contributed by atoms with E-state index in [9.17, 15) is 4.79 Å². The number of nitrogens with one attached hydrogen (secondary N) is 1. The van der Waals surface area contributed by atoms with E-state index in [4.69, 9.17) is 18.6 Å². The molecule has 0 spiro atoms. The van der Waals surface area contributed by atoms with E-state index in [1.807, 2.05) is 0 Å². The maximum absolute atomic E-state index is 12.2. The van der Waals surface area contributed by atoms with E-state index in [1.54, 1.807) is 18.2 Å². The van der Waals surface area contributed by atoms with Crippen LogP contribution in [0.4, 0.5) is 11.7 Å². The van der Waals surface area contributed by atoms with Gasteiger partial charge in [-0.2, -0.15) is 4.98 Å². The Morgan fingerprint density at radius 2 is 2.08 bits per heavy atom. The molecule has 1 aromatic carbocycles. The molecule has 134 valence electrons. The van der Waals surface area contributed by atoms with Crippen molar-refractivity contribution in [1.82, 2.24) is 4.98 Å². The molecule has 1 N–H and O–H groups in total. The summed E-state index contributed by atoms with van der Waals surface area (Å²) < 4.78 is 21.3. The number of aromatic nitrogens is 1. The molecular formula is C18H17N3O5. The molecule has 0 bridgehead atoms. The summed E-state index contributed by atoms with van der Waals surface area (Å²) in [7, 11) is 0. The van der Waals surface area contributed by atoms with Gasteiger partial charge in [0, 0.05) is 11.7 Å². The Bertz CT molecular complexity index is 911. The zero-order chi connectivity index (χ0) is 17.5. The van der Waals surface area contributed by atoms with Crippen LogP contribution in [-0.4, -0.2) is 36.2 Å². The molecule has 8 nitrogen and oxygen atoms in total. The largest absolute Gasteiger partial charge is 0.465 e. The van der Waals surface area contributed by atoms with Crippen LogP contribution in [0.1, 0.15) is 12.8 Å². The predicted octanol–water partition coefficient (Wildman–Crippen LogP) is 2.49. The lowest BCUT2D eigenvalue weighted by Crippen LogP contribution is -2.50. The van der Waals surface area contributed by atoms with Crippen molar-refractivity contribution in [2.45, 2.75) is 24.9 Å². The number of anilines is 2. The van der Waals surface area contributed by atoms with Crippen molar-refractivity contribution in [1.29, 1.82) is 0 Å². The highest BCUT2D eigenvalue weighted by Crippen LogP contribution is 2.36. The lowest BCUT2D eigenvalue weighted by molar-refractivity contribution is -0.115. The van der Waals surface area contributed by atoms with Crippen molar-refractivity contribution in [2.24, 2.45) is 0 Å². The predicted molar refractivity (Wildman–Crippen MR) is 92.1 cm³/mol. The summed E-state index contributed by atoms with van der Waals surface area (Å²) in [4.78, 5) is 19.0. The first-order valence-electron chi connectivity index (χ1n) is 8.53. The normalized spacial score (nSPS) is 19.3. The number of amides is 1. The quantitative estimate of drug-likeness (QED) is 0.882. The molecule has 1 aliphatic carbocycles. The maximum atomic E-state index is 12.2. The fourth-order valence-electron chi connectivity index (χ4n) is 3.01. The zero-order valence-corrected chi connectivity index (χ0v) is 13.9. The van der Waals surface area contributed by atoms with Crippen molar-refractivity contribution in [3.63, 3.8) is 0 Å². The standard InChI is InChI=1S/C18H17N3O5/c22-17(16-10-23-5-6-25-16)19-11-1-4-15-14(7-11)20-18(26-15)21(12-2-3-12)13-8-24-9-13/h1,4-7,10,12-13H,2-3,8-9H2,(H,19,22). The van der Waals surface area contributed by atoms with Crippen LogP contribution in [0, 0.1) is 0 Å². The first-order chi connectivity index (χ1) is 12.8. The molecule has 1 amide bonds. The van der Waals surface area contributed by atoms with Crippen molar-refractivity contribution in [2.75, 3.05) is 23.4 Å². The third kappa shape index (κ3) is 2.78. The van der Waals surface area contributed by atoms with Gasteiger partial charge in [0.25, 0.3) is 11.9 Å². The van der Waals surface area contributed by atoms with Crippen molar-refractivity contribution in [3.05, 3.63) is 42.7 Å². The average molecular weight is 355 g/mol. The smallest absolute Gasteiger partial charge is 0.299 e. The number of fused-ring (bicyclic) bond motifs is 1. The number of rotatable bonds is 5. The van der Waals surface area contributed by atoms with Gasteiger partial charge in [-0.3, -0.25) is 4.79 Å². The van der Waals surface area contributed by atoms with Gasteiger partial charge in [0.1, 0.15) is 24.3 Å². The van der Waals surface area contributed by atoms with Crippen LogP contribution >= 0.6 is 0 Å². The summed E-state index contributed by atoms with van der Waals surface area (Å²) in [6, 6.07) is 6.79. The highest BCUT2D eigenvalue weighted by Gasteiger charge is 2.40. The lowest BCUT2D eigenvalue weighted by atomic mass is 10.2. The Morgan fingerprint density at radius 1 is 1.19 bits per heavy atom. The number of oxazole rings is 1. The van der Waals surface area contributed by atoms with Gasteiger partial charge >= 0.3 is 0 Å². The minimum Gasteiger partial charge on any atom is -0.465 e. The van der Waals surface area contributed by atoms with Gasteiger partial charge in [0.05, 0.1) is 19.3 Å². The molecule has 0 unspecified atom stereocenters. The SMILES string of the molecule is O=C(Nc1ccc2oc(N(C3CC3)C3COC3)nc2c1)C1=COC=CO1. The second-order valence-corrected chi connectivity index (χ2v) is 6.47. The van der Waals surface area contributed by atoms with Gasteiger partial charge in [-0.15, -0.1) is 0 Å². The second-order valence-electron chi connectivity index (χ2n) is 6.47. The highest BCUT2D eigenvalue weighted by atomic mass is 16.5. The minimum atomic E-state index is -0.399. The molecule has 8 heteroatoms.